The van der Waals surface area contributed by atoms with Crippen LogP contribution in [0.25, 0.3) is 0 Å². The summed E-state index contributed by atoms with van der Waals surface area (Å²) in [6.45, 7) is 4.77. The van der Waals surface area contributed by atoms with Gasteiger partial charge >= 0.3 is 18.2 Å². The van der Waals surface area contributed by atoms with Gasteiger partial charge in [-0.1, -0.05) is 73.3 Å². The van der Waals surface area contributed by atoms with Gasteiger partial charge in [0.05, 0.1) is 0 Å². The first-order valence-electron chi connectivity index (χ1n) is 11.3. The zero-order valence-corrected chi connectivity index (χ0v) is 20.1. The Labute approximate surface area is 214 Å². The Morgan fingerprint density at radius 3 is 2.16 bits per heavy atom. The lowest BCUT2D eigenvalue weighted by atomic mass is 10.00. The highest BCUT2D eigenvalue weighted by Crippen LogP contribution is 2.25. The molecule has 0 aliphatic heterocycles. The first-order chi connectivity index (χ1) is 17.9. The Morgan fingerprint density at radius 1 is 0.838 bits per heavy atom. The molecule has 2 amide bonds. The van der Waals surface area contributed by atoms with Crippen molar-refractivity contribution in [2.24, 2.45) is 0 Å². The molecule has 2 N–H and O–H groups in total. The number of nitrogens with one attached hydrogen (secondary N) is 2. The summed E-state index contributed by atoms with van der Waals surface area (Å²) in [5.74, 6) is -0.986. The largest absolute Gasteiger partial charge is 0.459 e. The minimum absolute atomic E-state index is 0.116. The third-order valence-electron chi connectivity index (χ3n) is 5.07. The highest BCUT2D eigenvalue weighted by Gasteiger charge is 2.26. The molecule has 0 aliphatic rings. The zero-order chi connectivity index (χ0) is 26.6. The number of esters is 1. The van der Waals surface area contributed by atoms with Gasteiger partial charge in [-0.2, -0.15) is 0 Å². The fraction of sp³-hybridized carbons (Fsp3) is 0.143. The van der Waals surface area contributed by atoms with E-state index in [1.54, 1.807) is 79.7 Å². The molecule has 0 saturated heterocycles. The van der Waals surface area contributed by atoms with Crippen molar-refractivity contribution in [2.45, 2.75) is 13.0 Å². The van der Waals surface area contributed by atoms with Crippen molar-refractivity contribution in [1.82, 2.24) is 0 Å². The van der Waals surface area contributed by atoms with Crippen molar-refractivity contribution in [3.8, 4) is 0 Å². The van der Waals surface area contributed by atoms with Crippen LogP contribution in [0.2, 0.25) is 0 Å². The highest BCUT2D eigenvalue weighted by atomic mass is 16.6. The van der Waals surface area contributed by atoms with Gasteiger partial charge in [0.15, 0.2) is 6.10 Å². The summed E-state index contributed by atoms with van der Waals surface area (Å²) in [5.41, 5.74) is 2.34. The Morgan fingerprint density at radius 2 is 1.49 bits per heavy atom. The van der Waals surface area contributed by atoms with E-state index < -0.39 is 24.3 Å². The summed E-state index contributed by atoms with van der Waals surface area (Å²) in [6, 6.07) is 22.1. The van der Waals surface area contributed by atoms with Crippen LogP contribution < -0.4 is 10.6 Å². The van der Waals surface area contributed by atoms with Gasteiger partial charge in [0.2, 0.25) is 5.78 Å². The Hall–Kier alpha value is -4.92. The maximum absolute atomic E-state index is 13.1. The molecule has 3 rings (SSSR count). The molecular formula is C28H26N2O7. The topological polar surface area (TPSA) is 120 Å². The second-order valence-corrected chi connectivity index (χ2v) is 7.71. The smallest absolute Gasteiger partial charge is 0.412 e. The fourth-order valence-corrected chi connectivity index (χ4v) is 3.22. The maximum Gasteiger partial charge on any atom is 0.412 e. The summed E-state index contributed by atoms with van der Waals surface area (Å²) in [7, 11) is 0. The SMILES string of the molecule is C=CC(=O)OCCOC(=O)Nc1cc(NC(=O)OC(C(=O)c2ccccc2)c2ccccc2)ccc1C. The van der Waals surface area contributed by atoms with Crippen molar-refractivity contribution in [1.29, 1.82) is 0 Å². The van der Waals surface area contributed by atoms with E-state index in [-0.39, 0.29) is 19.0 Å². The van der Waals surface area contributed by atoms with E-state index in [9.17, 15) is 19.2 Å². The number of carbonyl (C=O) groups excluding carboxylic acids is 4. The third-order valence-corrected chi connectivity index (χ3v) is 5.07. The summed E-state index contributed by atoms with van der Waals surface area (Å²) in [5, 5.41) is 5.15. The molecule has 3 aromatic carbocycles. The van der Waals surface area contributed by atoms with Crippen LogP contribution in [-0.4, -0.2) is 37.2 Å². The van der Waals surface area contributed by atoms with Crippen LogP contribution in [0.1, 0.15) is 27.6 Å². The lowest BCUT2D eigenvalue weighted by Gasteiger charge is -2.18. The molecule has 9 nitrogen and oxygen atoms in total. The van der Waals surface area contributed by atoms with Crippen LogP contribution in [0, 0.1) is 6.92 Å². The van der Waals surface area contributed by atoms with E-state index in [1.165, 1.54) is 6.07 Å². The summed E-state index contributed by atoms with van der Waals surface area (Å²) >= 11 is 0. The van der Waals surface area contributed by atoms with E-state index in [1.807, 2.05) is 0 Å². The van der Waals surface area contributed by atoms with Crippen LogP contribution in [-0.2, 0) is 19.0 Å². The van der Waals surface area contributed by atoms with Crippen LogP contribution >= 0.6 is 0 Å². The molecule has 0 radical (unpaired) electrons. The normalized spacial score (nSPS) is 10.9. The zero-order valence-electron chi connectivity index (χ0n) is 20.1. The predicted octanol–water partition coefficient (Wildman–Crippen LogP) is 5.45. The minimum atomic E-state index is -1.16. The van der Waals surface area contributed by atoms with E-state index in [0.717, 1.165) is 6.08 Å². The van der Waals surface area contributed by atoms with Crippen LogP contribution in [0.5, 0.6) is 0 Å². The molecule has 0 saturated carbocycles. The van der Waals surface area contributed by atoms with Crippen molar-refractivity contribution in [3.63, 3.8) is 0 Å². The Bertz CT molecular complexity index is 1260. The summed E-state index contributed by atoms with van der Waals surface area (Å²) < 4.78 is 15.3. The molecule has 0 aliphatic carbocycles. The van der Waals surface area contributed by atoms with E-state index >= 15 is 0 Å². The van der Waals surface area contributed by atoms with Crippen molar-refractivity contribution in [3.05, 3.63) is 108 Å². The van der Waals surface area contributed by atoms with Gasteiger partial charge in [-0.15, -0.1) is 0 Å². The number of carbonyl (C=O) groups is 4. The van der Waals surface area contributed by atoms with Gasteiger partial charge in [0, 0.05) is 28.6 Å². The molecule has 37 heavy (non-hydrogen) atoms. The van der Waals surface area contributed by atoms with Gasteiger partial charge in [-0.25, -0.2) is 14.4 Å². The monoisotopic (exact) mass is 502 g/mol. The van der Waals surface area contributed by atoms with E-state index in [0.29, 0.717) is 28.1 Å². The maximum atomic E-state index is 13.1. The molecule has 3 aromatic rings. The van der Waals surface area contributed by atoms with Gasteiger partial charge in [0.25, 0.3) is 0 Å². The first-order valence-corrected chi connectivity index (χ1v) is 11.3. The molecule has 9 heteroatoms. The standard InChI is InChI=1S/C28H26N2O7/c1-3-24(31)35-16-17-36-27(33)30-23-18-22(15-14-19(23)2)29-28(34)37-26(21-12-8-5-9-13-21)25(32)20-10-6-4-7-11-20/h3-15,18,26H,1,16-17H2,2H3,(H,29,34)(H,30,33). The van der Waals surface area contributed by atoms with Gasteiger partial charge in [-0.05, 0) is 24.6 Å². The quantitative estimate of drug-likeness (QED) is 0.124. The molecule has 0 spiro atoms. The third kappa shape index (κ3) is 8.07. The average molecular weight is 503 g/mol. The Balaban J connectivity index is 1.65. The number of benzene rings is 3. The second kappa shape index (κ2) is 13.2. The number of hydrogen-bond acceptors (Lipinski definition) is 7. The van der Waals surface area contributed by atoms with E-state index in [2.05, 4.69) is 17.2 Å². The number of ether oxygens (including phenoxy) is 3. The van der Waals surface area contributed by atoms with E-state index in [4.69, 9.17) is 14.2 Å². The minimum Gasteiger partial charge on any atom is -0.459 e. The summed E-state index contributed by atoms with van der Waals surface area (Å²) in [4.78, 5) is 49.0. The first kappa shape index (κ1) is 26.7. The van der Waals surface area contributed by atoms with Crippen molar-refractivity contribution in [2.75, 3.05) is 23.8 Å². The van der Waals surface area contributed by atoms with Crippen molar-refractivity contribution < 1.29 is 33.4 Å². The molecule has 0 aromatic heterocycles. The van der Waals surface area contributed by atoms with Crippen LogP contribution in [0.3, 0.4) is 0 Å². The molecule has 0 heterocycles. The number of aryl methyl sites for hydroxylation is 1. The van der Waals surface area contributed by atoms with Gasteiger partial charge < -0.3 is 14.2 Å². The van der Waals surface area contributed by atoms with Gasteiger partial charge in [-0.3, -0.25) is 15.4 Å². The molecule has 0 fully saturated rings. The molecule has 1 atom stereocenters. The highest BCUT2D eigenvalue weighted by molar-refractivity contribution is 6.01. The second-order valence-electron chi connectivity index (χ2n) is 7.71. The van der Waals surface area contributed by atoms with Gasteiger partial charge in [0.1, 0.15) is 13.2 Å². The number of hydrogen-bond donors (Lipinski definition) is 2. The number of amides is 2. The lowest BCUT2D eigenvalue weighted by Crippen LogP contribution is -2.23. The fourth-order valence-electron chi connectivity index (χ4n) is 3.22. The molecular weight excluding hydrogens is 476 g/mol. The van der Waals surface area contributed by atoms with Crippen LogP contribution in [0.4, 0.5) is 21.0 Å². The average Bonchev–Trinajstić information content (AvgIpc) is 2.92. The lowest BCUT2D eigenvalue weighted by molar-refractivity contribution is -0.138. The molecule has 1 unspecified atom stereocenters. The van der Waals surface area contributed by atoms with Crippen LogP contribution in [0.15, 0.2) is 91.5 Å². The predicted molar refractivity (Wildman–Crippen MR) is 137 cm³/mol. The number of anilines is 2. The number of Topliss-reactive ketones (excluding diaryl/α,β-unsaturated/α-hetero) is 1. The molecule has 190 valence electrons. The number of rotatable bonds is 10. The molecule has 0 bridgehead atoms. The van der Waals surface area contributed by atoms with Crippen molar-refractivity contribution >= 4 is 35.3 Å². The number of ketones is 1. The summed E-state index contributed by atoms with van der Waals surface area (Å²) in [6.07, 6.45) is -1.77. The Kier molecular flexibility index (Phi) is 9.55.